The quantitative estimate of drug-likeness (QED) is 0.420. The van der Waals surface area contributed by atoms with Crippen LogP contribution >= 0.6 is 11.3 Å². The van der Waals surface area contributed by atoms with Crippen LogP contribution in [0.3, 0.4) is 0 Å². The Labute approximate surface area is 130 Å². The van der Waals surface area contributed by atoms with Crippen LogP contribution in [0.5, 0.6) is 0 Å². The second-order valence-corrected chi connectivity index (χ2v) is 6.85. The Hall–Kier alpha value is -0.340. The van der Waals surface area contributed by atoms with Crippen molar-refractivity contribution in [3.63, 3.8) is 0 Å². The molecule has 0 radical (unpaired) electrons. The van der Waals surface area contributed by atoms with Crippen LogP contribution in [0.15, 0.2) is 17.5 Å². The van der Waals surface area contributed by atoms with Crippen LogP contribution in [-0.4, -0.2) is 6.54 Å². The minimum atomic E-state index is 0.522. The predicted octanol–water partition coefficient (Wildman–Crippen LogP) is 6.32. The summed E-state index contributed by atoms with van der Waals surface area (Å²) in [5, 5.41) is 5.78. The largest absolute Gasteiger partial charge is 0.309 e. The SMILES string of the molecule is CCCCCCCCCCCCN[C@@H](C)c1cccs1. The Morgan fingerprint density at radius 1 is 0.950 bits per heavy atom. The second-order valence-electron chi connectivity index (χ2n) is 5.87. The summed E-state index contributed by atoms with van der Waals surface area (Å²) in [4.78, 5) is 1.46. The van der Waals surface area contributed by atoms with Gasteiger partial charge in [-0.05, 0) is 31.3 Å². The molecular formula is C18H33NS. The van der Waals surface area contributed by atoms with Crippen molar-refractivity contribution < 1.29 is 0 Å². The van der Waals surface area contributed by atoms with Crippen LogP contribution in [0.1, 0.15) is 89.0 Å². The Kier molecular flexibility index (Phi) is 11.0. The van der Waals surface area contributed by atoms with E-state index in [2.05, 4.69) is 36.7 Å². The molecule has 1 rings (SSSR count). The highest BCUT2D eigenvalue weighted by atomic mass is 32.1. The van der Waals surface area contributed by atoms with E-state index >= 15 is 0 Å². The van der Waals surface area contributed by atoms with Crippen molar-refractivity contribution in [1.29, 1.82) is 0 Å². The summed E-state index contributed by atoms with van der Waals surface area (Å²) in [7, 11) is 0. The molecule has 116 valence electrons. The van der Waals surface area contributed by atoms with E-state index in [1.165, 1.54) is 69.1 Å². The molecule has 1 aromatic heterocycles. The molecule has 2 heteroatoms. The molecule has 1 N–H and O–H groups in total. The lowest BCUT2D eigenvalue weighted by atomic mass is 10.1. The number of unbranched alkanes of at least 4 members (excludes halogenated alkanes) is 9. The van der Waals surface area contributed by atoms with Gasteiger partial charge in [0, 0.05) is 10.9 Å². The van der Waals surface area contributed by atoms with Gasteiger partial charge in [0.1, 0.15) is 0 Å². The van der Waals surface area contributed by atoms with E-state index < -0.39 is 0 Å². The molecule has 0 aromatic carbocycles. The Balaban J connectivity index is 1.81. The molecule has 1 heterocycles. The number of nitrogens with one attached hydrogen (secondary N) is 1. The first-order valence-electron chi connectivity index (χ1n) is 8.61. The van der Waals surface area contributed by atoms with Crippen LogP contribution < -0.4 is 5.32 Å². The molecule has 0 unspecified atom stereocenters. The molecule has 1 atom stereocenters. The topological polar surface area (TPSA) is 12.0 Å². The smallest absolute Gasteiger partial charge is 0.0386 e. The van der Waals surface area contributed by atoms with Crippen LogP contribution in [0.2, 0.25) is 0 Å². The molecule has 1 nitrogen and oxygen atoms in total. The standard InChI is InChI=1S/C18H33NS/c1-3-4-5-6-7-8-9-10-11-12-15-19-17(2)18-14-13-16-20-18/h13-14,16-17,19H,3-12,15H2,1-2H3/t17-/m0/s1. The van der Waals surface area contributed by atoms with Gasteiger partial charge in [-0.25, -0.2) is 0 Å². The van der Waals surface area contributed by atoms with Crippen molar-refractivity contribution in [2.45, 2.75) is 84.1 Å². The van der Waals surface area contributed by atoms with Crippen LogP contribution in [0.25, 0.3) is 0 Å². The maximum Gasteiger partial charge on any atom is 0.0386 e. The van der Waals surface area contributed by atoms with Crippen molar-refractivity contribution in [2.24, 2.45) is 0 Å². The third-order valence-electron chi connectivity index (χ3n) is 3.95. The maximum atomic E-state index is 3.62. The highest BCUT2D eigenvalue weighted by Crippen LogP contribution is 2.18. The van der Waals surface area contributed by atoms with E-state index in [1.807, 2.05) is 11.3 Å². The number of thiophene rings is 1. The lowest BCUT2D eigenvalue weighted by Gasteiger charge is -2.11. The van der Waals surface area contributed by atoms with Crippen molar-refractivity contribution in [3.8, 4) is 0 Å². The van der Waals surface area contributed by atoms with Gasteiger partial charge in [0.25, 0.3) is 0 Å². The molecule has 0 aliphatic rings. The van der Waals surface area contributed by atoms with Gasteiger partial charge in [-0.3, -0.25) is 0 Å². The van der Waals surface area contributed by atoms with Crippen LogP contribution in [0.4, 0.5) is 0 Å². The molecule has 0 spiro atoms. The first-order valence-corrected chi connectivity index (χ1v) is 9.49. The fourth-order valence-corrected chi connectivity index (χ4v) is 3.33. The van der Waals surface area contributed by atoms with E-state index in [9.17, 15) is 0 Å². The van der Waals surface area contributed by atoms with E-state index in [0.717, 1.165) is 6.54 Å². The highest BCUT2D eigenvalue weighted by molar-refractivity contribution is 7.10. The Morgan fingerprint density at radius 2 is 1.55 bits per heavy atom. The van der Waals surface area contributed by atoms with E-state index in [-0.39, 0.29) is 0 Å². The normalized spacial score (nSPS) is 12.7. The summed E-state index contributed by atoms with van der Waals surface area (Å²) in [5.74, 6) is 0. The van der Waals surface area contributed by atoms with E-state index in [4.69, 9.17) is 0 Å². The van der Waals surface area contributed by atoms with Crippen LogP contribution in [0, 0.1) is 0 Å². The predicted molar refractivity (Wildman–Crippen MR) is 92.6 cm³/mol. The molecule has 0 amide bonds. The molecule has 20 heavy (non-hydrogen) atoms. The Bertz CT molecular complexity index is 294. The van der Waals surface area contributed by atoms with Crippen molar-refractivity contribution >= 4 is 11.3 Å². The summed E-state index contributed by atoms with van der Waals surface area (Å²) in [6.45, 7) is 5.71. The van der Waals surface area contributed by atoms with E-state index in [0.29, 0.717) is 6.04 Å². The fourth-order valence-electron chi connectivity index (χ4n) is 2.57. The van der Waals surface area contributed by atoms with Gasteiger partial charge in [-0.1, -0.05) is 70.8 Å². The van der Waals surface area contributed by atoms with Crippen LogP contribution in [-0.2, 0) is 0 Å². The molecule has 0 saturated heterocycles. The molecule has 0 aliphatic carbocycles. The minimum absolute atomic E-state index is 0.522. The lowest BCUT2D eigenvalue weighted by Crippen LogP contribution is -2.18. The fraction of sp³-hybridized carbons (Fsp3) is 0.778. The highest BCUT2D eigenvalue weighted by Gasteiger charge is 2.04. The van der Waals surface area contributed by atoms with Gasteiger partial charge in [-0.2, -0.15) is 0 Å². The summed E-state index contributed by atoms with van der Waals surface area (Å²) >= 11 is 1.85. The molecule has 0 aliphatic heterocycles. The molecular weight excluding hydrogens is 262 g/mol. The van der Waals surface area contributed by atoms with Gasteiger partial charge in [0.15, 0.2) is 0 Å². The summed E-state index contributed by atoms with van der Waals surface area (Å²) < 4.78 is 0. The van der Waals surface area contributed by atoms with Crippen molar-refractivity contribution in [2.75, 3.05) is 6.54 Å². The second kappa shape index (κ2) is 12.4. The lowest BCUT2D eigenvalue weighted by molar-refractivity contribution is 0.521. The van der Waals surface area contributed by atoms with Gasteiger partial charge < -0.3 is 5.32 Å². The molecule has 0 fully saturated rings. The minimum Gasteiger partial charge on any atom is -0.309 e. The summed E-state index contributed by atoms with van der Waals surface area (Å²) in [5.41, 5.74) is 0. The van der Waals surface area contributed by atoms with Gasteiger partial charge >= 0.3 is 0 Å². The molecule has 1 aromatic rings. The number of rotatable bonds is 13. The molecule has 0 bridgehead atoms. The third-order valence-corrected chi connectivity index (χ3v) is 5.01. The number of hydrogen-bond acceptors (Lipinski definition) is 2. The van der Waals surface area contributed by atoms with Crippen molar-refractivity contribution in [1.82, 2.24) is 5.32 Å². The van der Waals surface area contributed by atoms with Gasteiger partial charge in [-0.15, -0.1) is 11.3 Å². The first kappa shape index (κ1) is 17.7. The zero-order valence-electron chi connectivity index (χ0n) is 13.5. The van der Waals surface area contributed by atoms with E-state index in [1.54, 1.807) is 0 Å². The zero-order chi connectivity index (χ0) is 14.5. The average Bonchev–Trinajstić information content (AvgIpc) is 2.99. The average molecular weight is 296 g/mol. The zero-order valence-corrected chi connectivity index (χ0v) is 14.3. The third kappa shape index (κ3) is 8.76. The van der Waals surface area contributed by atoms with Gasteiger partial charge in [0.05, 0.1) is 0 Å². The molecule has 0 saturated carbocycles. The van der Waals surface area contributed by atoms with Crippen molar-refractivity contribution in [3.05, 3.63) is 22.4 Å². The summed E-state index contributed by atoms with van der Waals surface area (Å²) in [6.07, 6.45) is 14.1. The Morgan fingerprint density at radius 3 is 2.10 bits per heavy atom. The van der Waals surface area contributed by atoms with Gasteiger partial charge in [0.2, 0.25) is 0 Å². The summed E-state index contributed by atoms with van der Waals surface area (Å²) in [6, 6.07) is 4.88. The maximum absolute atomic E-state index is 3.62. The number of hydrogen-bond donors (Lipinski definition) is 1. The first-order chi connectivity index (χ1) is 9.84. The monoisotopic (exact) mass is 295 g/mol.